The fraction of sp³-hybridized carbons (Fsp3) is 0.238. The summed E-state index contributed by atoms with van der Waals surface area (Å²) in [6, 6.07) is 13.9. The Morgan fingerprint density at radius 2 is 1.88 bits per heavy atom. The molecule has 1 aliphatic heterocycles. The van der Waals surface area contributed by atoms with Gasteiger partial charge in [0.15, 0.2) is 0 Å². The lowest BCUT2D eigenvalue weighted by Gasteiger charge is -2.13. The highest BCUT2D eigenvalue weighted by Gasteiger charge is 2.25. The second-order valence-corrected chi connectivity index (χ2v) is 7.78. The Morgan fingerprint density at radius 1 is 1.08 bits per heavy atom. The molecule has 2 aromatic carbocycles. The number of thioether (sulfide) groups is 1. The fourth-order valence-electron chi connectivity index (χ4n) is 3.32. The van der Waals surface area contributed by atoms with Gasteiger partial charge in [-0.25, -0.2) is 4.68 Å². The lowest BCUT2D eigenvalue weighted by molar-refractivity contribution is 0.102. The first-order valence-electron chi connectivity index (χ1n) is 8.67. The van der Waals surface area contributed by atoms with Gasteiger partial charge in [0.2, 0.25) is 0 Å². The van der Waals surface area contributed by atoms with Gasteiger partial charge in [0.1, 0.15) is 5.82 Å². The van der Waals surface area contributed by atoms with Crippen LogP contribution in [0.15, 0.2) is 42.5 Å². The smallest absolute Gasteiger partial charge is 0.256 e. The Labute approximate surface area is 157 Å². The third-order valence-corrected chi connectivity index (χ3v) is 5.61. The molecule has 1 N–H and O–H groups in total. The molecule has 0 radical (unpaired) electrons. The van der Waals surface area contributed by atoms with Crippen LogP contribution in [0.5, 0.6) is 0 Å². The van der Waals surface area contributed by atoms with Crippen LogP contribution in [0.3, 0.4) is 0 Å². The number of nitrogens with zero attached hydrogens (tertiary/aromatic N) is 2. The normalized spacial score (nSPS) is 12.9. The van der Waals surface area contributed by atoms with Gasteiger partial charge >= 0.3 is 0 Å². The van der Waals surface area contributed by atoms with E-state index in [2.05, 4.69) is 37.4 Å². The molecule has 0 saturated carbocycles. The highest BCUT2D eigenvalue weighted by atomic mass is 32.2. The third-order valence-electron chi connectivity index (χ3n) is 4.64. The van der Waals surface area contributed by atoms with E-state index in [1.165, 1.54) is 5.56 Å². The van der Waals surface area contributed by atoms with E-state index in [9.17, 15) is 4.79 Å². The SMILES string of the molecule is Cc1cccc(C(=O)Nc2c3c(nn2-c2ccc(C)cc2C)CSC3)c1. The minimum Gasteiger partial charge on any atom is -0.306 e. The molecule has 0 aliphatic carbocycles. The highest BCUT2D eigenvalue weighted by Crippen LogP contribution is 2.36. The lowest BCUT2D eigenvalue weighted by atomic mass is 10.1. The molecule has 0 spiro atoms. The van der Waals surface area contributed by atoms with Crippen LogP contribution in [-0.2, 0) is 11.5 Å². The fourth-order valence-corrected chi connectivity index (χ4v) is 4.36. The lowest BCUT2D eigenvalue weighted by Crippen LogP contribution is -2.16. The maximum Gasteiger partial charge on any atom is 0.256 e. The Morgan fingerprint density at radius 3 is 2.65 bits per heavy atom. The summed E-state index contributed by atoms with van der Waals surface area (Å²) in [6.45, 7) is 6.15. The van der Waals surface area contributed by atoms with Crippen molar-refractivity contribution in [1.82, 2.24) is 9.78 Å². The molecule has 5 heteroatoms. The zero-order chi connectivity index (χ0) is 18.3. The number of aryl methyl sites for hydroxylation is 3. The molecular formula is C21H21N3OS. The summed E-state index contributed by atoms with van der Waals surface area (Å²) in [6.07, 6.45) is 0. The number of aromatic nitrogens is 2. The van der Waals surface area contributed by atoms with Gasteiger partial charge in [-0.1, -0.05) is 35.4 Å². The van der Waals surface area contributed by atoms with E-state index < -0.39 is 0 Å². The number of nitrogens with one attached hydrogen (secondary N) is 1. The van der Waals surface area contributed by atoms with E-state index >= 15 is 0 Å². The maximum atomic E-state index is 12.8. The topological polar surface area (TPSA) is 46.9 Å². The van der Waals surface area contributed by atoms with E-state index in [1.54, 1.807) is 0 Å². The van der Waals surface area contributed by atoms with Crippen molar-refractivity contribution in [3.63, 3.8) is 0 Å². The standard InChI is InChI=1S/C21H21N3OS/c1-13-5-4-6-16(10-13)21(25)22-20-17-11-26-12-18(17)23-24(20)19-8-7-14(2)9-15(19)3/h4-10H,11-12H2,1-3H3,(H,22,25). The molecule has 1 aliphatic rings. The van der Waals surface area contributed by atoms with Crippen molar-refractivity contribution in [2.45, 2.75) is 32.3 Å². The number of benzene rings is 2. The minimum atomic E-state index is -0.0979. The van der Waals surface area contributed by atoms with Crippen molar-refractivity contribution in [3.8, 4) is 5.69 Å². The average molecular weight is 363 g/mol. The first kappa shape index (κ1) is 16.9. The predicted molar refractivity (Wildman–Crippen MR) is 107 cm³/mol. The summed E-state index contributed by atoms with van der Waals surface area (Å²) in [5, 5.41) is 7.92. The van der Waals surface area contributed by atoms with Crippen molar-refractivity contribution in [2.75, 3.05) is 5.32 Å². The number of rotatable bonds is 3. The van der Waals surface area contributed by atoms with E-state index in [-0.39, 0.29) is 5.91 Å². The molecule has 2 heterocycles. The van der Waals surface area contributed by atoms with Gasteiger partial charge < -0.3 is 5.32 Å². The quantitative estimate of drug-likeness (QED) is 0.727. The number of fused-ring (bicyclic) bond motifs is 1. The van der Waals surface area contributed by atoms with Crippen molar-refractivity contribution >= 4 is 23.5 Å². The van der Waals surface area contributed by atoms with E-state index in [1.807, 2.05) is 47.6 Å². The second kappa shape index (κ2) is 6.65. The Balaban J connectivity index is 1.77. The molecule has 1 aromatic heterocycles. The van der Waals surface area contributed by atoms with Crippen LogP contribution in [-0.4, -0.2) is 15.7 Å². The van der Waals surface area contributed by atoms with Gasteiger partial charge in [0.05, 0.1) is 11.4 Å². The summed E-state index contributed by atoms with van der Waals surface area (Å²) in [5.41, 5.74) is 7.30. The van der Waals surface area contributed by atoms with Crippen LogP contribution < -0.4 is 5.32 Å². The molecule has 3 aromatic rings. The maximum absolute atomic E-state index is 12.8. The predicted octanol–water partition coefficient (Wildman–Crippen LogP) is 4.80. The number of hydrogen-bond acceptors (Lipinski definition) is 3. The molecule has 0 bridgehead atoms. The summed E-state index contributed by atoms with van der Waals surface area (Å²) in [7, 11) is 0. The molecule has 1 amide bonds. The first-order chi connectivity index (χ1) is 12.5. The minimum absolute atomic E-state index is 0.0979. The summed E-state index contributed by atoms with van der Waals surface area (Å²) in [5.74, 6) is 2.47. The summed E-state index contributed by atoms with van der Waals surface area (Å²) >= 11 is 1.83. The van der Waals surface area contributed by atoms with Crippen molar-refractivity contribution in [2.24, 2.45) is 0 Å². The van der Waals surface area contributed by atoms with Gasteiger partial charge in [-0.15, -0.1) is 0 Å². The first-order valence-corrected chi connectivity index (χ1v) is 9.82. The van der Waals surface area contributed by atoms with Gasteiger partial charge in [-0.2, -0.15) is 16.9 Å². The average Bonchev–Trinajstić information content (AvgIpc) is 3.18. The van der Waals surface area contributed by atoms with Crippen molar-refractivity contribution in [3.05, 3.63) is 76.0 Å². The molecule has 4 nitrogen and oxygen atoms in total. The van der Waals surface area contributed by atoms with Gasteiger partial charge in [-0.3, -0.25) is 4.79 Å². The van der Waals surface area contributed by atoms with Gasteiger partial charge in [0, 0.05) is 22.6 Å². The van der Waals surface area contributed by atoms with Crippen LogP contribution >= 0.6 is 11.8 Å². The monoisotopic (exact) mass is 363 g/mol. The Hall–Kier alpha value is -2.53. The largest absolute Gasteiger partial charge is 0.306 e. The van der Waals surface area contributed by atoms with Gasteiger partial charge in [0.25, 0.3) is 5.91 Å². The zero-order valence-electron chi connectivity index (χ0n) is 15.2. The van der Waals surface area contributed by atoms with Crippen molar-refractivity contribution in [1.29, 1.82) is 0 Å². The molecule has 0 fully saturated rings. The highest BCUT2D eigenvalue weighted by molar-refractivity contribution is 7.98. The van der Waals surface area contributed by atoms with E-state index in [4.69, 9.17) is 5.10 Å². The zero-order valence-corrected chi connectivity index (χ0v) is 16.0. The molecule has 26 heavy (non-hydrogen) atoms. The number of anilines is 1. The van der Waals surface area contributed by atoms with Crippen molar-refractivity contribution < 1.29 is 4.79 Å². The Kier molecular flexibility index (Phi) is 4.32. The summed E-state index contributed by atoms with van der Waals surface area (Å²) < 4.78 is 1.90. The molecule has 132 valence electrons. The number of amides is 1. The molecule has 0 unspecified atom stereocenters. The van der Waals surface area contributed by atoms with E-state index in [0.29, 0.717) is 5.56 Å². The van der Waals surface area contributed by atoms with Crippen LogP contribution in [0.4, 0.5) is 5.82 Å². The van der Waals surface area contributed by atoms with E-state index in [0.717, 1.165) is 45.4 Å². The van der Waals surface area contributed by atoms with Gasteiger partial charge in [-0.05, 0) is 44.5 Å². The Bertz CT molecular complexity index is 1010. The summed E-state index contributed by atoms with van der Waals surface area (Å²) in [4.78, 5) is 12.8. The molecular weight excluding hydrogens is 342 g/mol. The van der Waals surface area contributed by atoms with Crippen LogP contribution in [0, 0.1) is 20.8 Å². The van der Waals surface area contributed by atoms with Crippen LogP contribution in [0.1, 0.15) is 38.3 Å². The number of carbonyl (C=O) groups is 1. The molecule has 0 saturated heterocycles. The van der Waals surface area contributed by atoms with Crippen LogP contribution in [0.25, 0.3) is 5.69 Å². The second-order valence-electron chi connectivity index (χ2n) is 6.79. The molecule has 0 atom stereocenters. The number of hydrogen-bond donors (Lipinski definition) is 1. The number of carbonyl (C=O) groups excluding carboxylic acids is 1. The molecule has 4 rings (SSSR count). The third kappa shape index (κ3) is 3.03. The van der Waals surface area contributed by atoms with Crippen LogP contribution in [0.2, 0.25) is 0 Å².